The summed E-state index contributed by atoms with van der Waals surface area (Å²) in [6.07, 6.45) is 4.54. The van der Waals surface area contributed by atoms with Crippen molar-refractivity contribution in [2.45, 2.75) is 37.3 Å². The second-order valence-electron chi connectivity index (χ2n) is 5.43. The lowest BCUT2D eigenvalue weighted by Gasteiger charge is -2.29. The van der Waals surface area contributed by atoms with Gasteiger partial charge in [-0.3, -0.25) is 4.79 Å². The van der Waals surface area contributed by atoms with E-state index >= 15 is 0 Å². The Morgan fingerprint density at radius 2 is 2.00 bits per heavy atom. The number of amides is 1. The van der Waals surface area contributed by atoms with Crippen molar-refractivity contribution < 1.29 is 9.90 Å². The van der Waals surface area contributed by atoms with Crippen molar-refractivity contribution in [1.82, 2.24) is 10.3 Å². The molecule has 1 atom stereocenters. The zero-order valence-corrected chi connectivity index (χ0v) is 12.5. The molecule has 2 N–H and O–H groups in total. The molecule has 5 heteroatoms. The molecule has 0 bridgehead atoms. The number of aromatic nitrogens is 1. The first-order chi connectivity index (χ1) is 10.2. The van der Waals surface area contributed by atoms with E-state index in [2.05, 4.69) is 10.3 Å². The second kappa shape index (κ2) is 5.95. The van der Waals surface area contributed by atoms with Crippen LogP contribution in [0.5, 0.6) is 0 Å². The van der Waals surface area contributed by atoms with Gasteiger partial charge in [-0.05, 0) is 18.4 Å². The third kappa shape index (κ3) is 2.84. The summed E-state index contributed by atoms with van der Waals surface area (Å²) >= 11 is 1.56. The van der Waals surface area contributed by atoms with E-state index in [0.29, 0.717) is 5.56 Å². The summed E-state index contributed by atoms with van der Waals surface area (Å²) in [4.78, 5) is 16.8. The summed E-state index contributed by atoms with van der Waals surface area (Å²) in [6.45, 7) is 0. The third-order valence-corrected chi connectivity index (χ3v) is 5.00. The Balaban J connectivity index is 1.79. The number of nitrogens with zero attached hydrogens (tertiary/aromatic N) is 1. The van der Waals surface area contributed by atoms with Gasteiger partial charge in [0, 0.05) is 11.6 Å². The fourth-order valence-corrected chi connectivity index (χ4v) is 3.77. The van der Waals surface area contributed by atoms with Crippen LogP contribution < -0.4 is 5.32 Å². The van der Waals surface area contributed by atoms with E-state index in [0.717, 1.165) is 30.7 Å². The topological polar surface area (TPSA) is 62.2 Å². The van der Waals surface area contributed by atoms with Crippen molar-refractivity contribution in [3.05, 3.63) is 52.5 Å². The third-order valence-electron chi connectivity index (χ3n) is 4.02. The number of aliphatic hydroxyl groups is 1. The van der Waals surface area contributed by atoms with Gasteiger partial charge in [0.15, 0.2) is 6.10 Å². The maximum absolute atomic E-state index is 12.4. The minimum Gasteiger partial charge on any atom is -0.378 e. The molecule has 1 aliphatic rings. The van der Waals surface area contributed by atoms with Crippen LogP contribution in [0.3, 0.4) is 0 Å². The molecule has 0 saturated heterocycles. The summed E-state index contributed by atoms with van der Waals surface area (Å²) < 4.78 is 0. The Morgan fingerprint density at radius 3 is 2.62 bits per heavy atom. The monoisotopic (exact) mass is 302 g/mol. The number of nitrogens with one attached hydrogen (secondary N) is 1. The molecule has 0 radical (unpaired) electrons. The van der Waals surface area contributed by atoms with E-state index in [9.17, 15) is 9.90 Å². The fraction of sp³-hybridized carbons (Fsp3) is 0.375. The van der Waals surface area contributed by atoms with E-state index in [4.69, 9.17) is 0 Å². The Morgan fingerprint density at radius 1 is 1.29 bits per heavy atom. The summed E-state index contributed by atoms with van der Waals surface area (Å²) in [5, 5.41) is 16.1. The molecule has 3 rings (SSSR count). The van der Waals surface area contributed by atoms with Gasteiger partial charge >= 0.3 is 0 Å². The standard InChI is InChI=1S/C16H18N2O2S/c19-13(12-6-2-1-3-7-12)14(20)18-16(8-4-5-9-16)15-17-10-11-21-15/h1-3,6-7,10-11,13,19H,4-5,8-9H2,(H,18,20). The van der Waals surface area contributed by atoms with Gasteiger partial charge in [-0.15, -0.1) is 11.3 Å². The number of benzene rings is 1. The van der Waals surface area contributed by atoms with Crippen LogP contribution in [-0.2, 0) is 10.3 Å². The summed E-state index contributed by atoms with van der Waals surface area (Å²) in [7, 11) is 0. The van der Waals surface area contributed by atoms with Crippen LogP contribution in [0.25, 0.3) is 0 Å². The molecule has 1 aromatic heterocycles. The number of hydrogen-bond acceptors (Lipinski definition) is 4. The van der Waals surface area contributed by atoms with Crippen molar-refractivity contribution >= 4 is 17.2 Å². The molecule has 2 aromatic rings. The Labute approximate surface area is 127 Å². The largest absolute Gasteiger partial charge is 0.378 e. The van der Waals surface area contributed by atoms with Crippen molar-refractivity contribution in [3.8, 4) is 0 Å². The second-order valence-corrected chi connectivity index (χ2v) is 6.32. The lowest BCUT2D eigenvalue weighted by atomic mass is 9.97. The summed E-state index contributed by atoms with van der Waals surface area (Å²) in [5.74, 6) is -0.349. The smallest absolute Gasteiger partial charge is 0.254 e. The van der Waals surface area contributed by atoms with Crippen LogP contribution in [0.2, 0.25) is 0 Å². The van der Waals surface area contributed by atoms with Crippen molar-refractivity contribution in [2.75, 3.05) is 0 Å². The average molecular weight is 302 g/mol. The van der Waals surface area contributed by atoms with Crippen LogP contribution in [0.1, 0.15) is 42.4 Å². The minimum absolute atomic E-state index is 0.349. The SMILES string of the molecule is O=C(NC1(c2nccs2)CCCC1)C(O)c1ccccc1. The molecular formula is C16H18N2O2S. The Bertz CT molecular complexity index is 592. The number of aliphatic hydroxyl groups excluding tert-OH is 1. The zero-order valence-electron chi connectivity index (χ0n) is 11.7. The highest BCUT2D eigenvalue weighted by Gasteiger charge is 2.40. The molecule has 110 valence electrons. The molecule has 1 aliphatic carbocycles. The van der Waals surface area contributed by atoms with E-state index in [1.165, 1.54) is 0 Å². The zero-order chi connectivity index (χ0) is 14.7. The first-order valence-electron chi connectivity index (χ1n) is 7.16. The summed E-state index contributed by atoms with van der Waals surface area (Å²) in [5.41, 5.74) is 0.211. The molecule has 1 heterocycles. The molecule has 1 aromatic carbocycles. The number of thiazole rings is 1. The maximum atomic E-state index is 12.4. The molecule has 1 amide bonds. The number of carbonyl (C=O) groups excluding carboxylic acids is 1. The molecule has 0 aliphatic heterocycles. The van der Waals surface area contributed by atoms with Crippen molar-refractivity contribution in [3.63, 3.8) is 0 Å². The number of hydrogen-bond donors (Lipinski definition) is 2. The van der Waals surface area contributed by atoms with E-state index in [1.807, 2.05) is 23.6 Å². The van der Waals surface area contributed by atoms with Gasteiger partial charge in [-0.2, -0.15) is 0 Å². The highest BCUT2D eigenvalue weighted by atomic mass is 32.1. The van der Waals surface area contributed by atoms with Crippen LogP contribution in [0.15, 0.2) is 41.9 Å². The van der Waals surface area contributed by atoms with Crippen LogP contribution >= 0.6 is 11.3 Å². The van der Waals surface area contributed by atoms with Gasteiger partial charge in [0.2, 0.25) is 0 Å². The maximum Gasteiger partial charge on any atom is 0.254 e. The number of carbonyl (C=O) groups is 1. The lowest BCUT2D eigenvalue weighted by molar-refractivity contribution is -0.131. The van der Waals surface area contributed by atoms with Gasteiger partial charge < -0.3 is 10.4 Å². The lowest BCUT2D eigenvalue weighted by Crippen LogP contribution is -2.45. The average Bonchev–Trinajstić information content (AvgIpc) is 3.19. The van der Waals surface area contributed by atoms with Gasteiger partial charge in [0.1, 0.15) is 5.01 Å². The molecule has 21 heavy (non-hydrogen) atoms. The van der Waals surface area contributed by atoms with E-state index in [1.54, 1.807) is 29.7 Å². The van der Waals surface area contributed by atoms with Gasteiger partial charge in [-0.1, -0.05) is 43.2 Å². The normalized spacial score (nSPS) is 18.3. The summed E-state index contributed by atoms with van der Waals surface area (Å²) in [6, 6.07) is 9.02. The molecule has 1 fully saturated rings. The van der Waals surface area contributed by atoms with Gasteiger partial charge in [0.05, 0.1) is 5.54 Å². The Kier molecular flexibility index (Phi) is 4.03. The highest BCUT2D eigenvalue weighted by molar-refractivity contribution is 7.09. The quantitative estimate of drug-likeness (QED) is 0.913. The van der Waals surface area contributed by atoms with Crippen LogP contribution in [0.4, 0.5) is 0 Å². The molecule has 1 saturated carbocycles. The van der Waals surface area contributed by atoms with Crippen molar-refractivity contribution in [2.24, 2.45) is 0 Å². The van der Waals surface area contributed by atoms with Gasteiger partial charge in [0.25, 0.3) is 5.91 Å². The molecular weight excluding hydrogens is 284 g/mol. The number of rotatable bonds is 4. The first kappa shape index (κ1) is 14.2. The van der Waals surface area contributed by atoms with Crippen LogP contribution in [-0.4, -0.2) is 16.0 Å². The fourth-order valence-electron chi connectivity index (χ4n) is 2.92. The molecule has 0 spiro atoms. The predicted octanol–water partition coefficient (Wildman–Crippen LogP) is 2.76. The molecule has 1 unspecified atom stereocenters. The Hall–Kier alpha value is -1.72. The van der Waals surface area contributed by atoms with Gasteiger partial charge in [-0.25, -0.2) is 4.98 Å². The van der Waals surface area contributed by atoms with E-state index < -0.39 is 11.6 Å². The molecule has 4 nitrogen and oxygen atoms in total. The highest BCUT2D eigenvalue weighted by Crippen LogP contribution is 2.40. The van der Waals surface area contributed by atoms with Crippen molar-refractivity contribution in [1.29, 1.82) is 0 Å². The first-order valence-corrected chi connectivity index (χ1v) is 8.04. The minimum atomic E-state index is -1.14. The van der Waals surface area contributed by atoms with E-state index in [-0.39, 0.29) is 5.91 Å². The van der Waals surface area contributed by atoms with Crippen LogP contribution in [0, 0.1) is 0 Å². The predicted molar refractivity (Wildman–Crippen MR) is 81.8 cm³/mol.